The molecule has 0 heterocycles. The lowest BCUT2D eigenvalue weighted by Crippen LogP contribution is -2.18. The molecule has 0 bridgehead atoms. The van der Waals surface area contributed by atoms with Crippen LogP contribution in [-0.4, -0.2) is 15.0 Å². The van der Waals surface area contributed by atoms with E-state index in [1.165, 1.54) is 0 Å². The maximum atomic E-state index is 12.4. The number of anilines is 1. The van der Waals surface area contributed by atoms with E-state index in [0.717, 1.165) is 12.1 Å². The number of para-hydroxylation sites is 1. The molecule has 0 radical (unpaired) electrons. The van der Waals surface area contributed by atoms with Crippen molar-refractivity contribution in [3.63, 3.8) is 0 Å². The second-order valence-electron chi connectivity index (χ2n) is 4.82. The van der Waals surface area contributed by atoms with Gasteiger partial charge in [-0.1, -0.05) is 37.3 Å². The molecule has 0 aliphatic heterocycles. The maximum Gasteiger partial charge on any atom is 0.261 e. The number of benzene rings is 2. The van der Waals surface area contributed by atoms with Crippen molar-refractivity contribution in [1.29, 1.82) is 0 Å². The summed E-state index contributed by atoms with van der Waals surface area (Å²) < 4.78 is 27.4. The van der Waals surface area contributed by atoms with Crippen molar-refractivity contribution in [2.75, 3.05) is 11.3 Å². The first kappa shape index (κ1) is 15.5. The Morgan fingerprint density at radius 2 is 1.76 bits per heavy atom. The normalized spacial score (nSPS) is 12.9. The lowest BCUT2D eigenvalue weighted by Gasteiger charge is -2.14. The van der Waals surface area contributed by atoms with Gasteiger partial charge in [-0.05, 0) is 43.3 Å². The Morgan fingerprint density at radius 1 is 1.05 bits per heavy atom. The Balaban J connectivity index is 2.26. The molecule has 0 saturated heterocycles. The van der Waals surface area contributed by atoms with Crippen molar-refractivity contribution in [2.24, 2.45) is 0 Å². The zero-order valence-electron chi connectivity index (χ0n) is 12.2. The van der Waals surface area contributed by atoms with Gasteiger partial charge >= 0.3 is 0 Å². The van der Waals surface area contributed by atoms with Crippen molar-refractivity contribution in [3.05, 3.63) is 60.2 Å². The molecule has 4 nitrogen and oxygen atoms in total. The minimum atomic E-state index is -3.56. The Labute approximate surface area is 126 Å². The SMILES string of the molecule is CCNC(C)c1cccc(S(=O)(=O)Nc2ccccc2)c1. The van der Waals surface area contributed by atoms with Gasteiger partial charge in [-0.25, -0.2) is 8.42 Å². The summed E-state index contributed by atoms with van der Waals surface area (Å²) >= 11 is 0. The molecule has 0 saturated carbocycles. The van der Waals surface area contributed by atoms with Crippen LogP contribution in [0.2, 0.25) is 0 Å². The third-order valence-electron chi connectivity index (χ3n) is 3.20. The summed E-state index contributed by atoms with van der Waals surface area (Å²) in [6, 6.07) is 16.0. The number of hydrogen-bond acceptors (Lipinski definition) is 3. The van der Waals surface area contributed by atoms with Gasteiger partial charge in [0.1, 0.15) is 0 Å². The molecular weight excluding hydrogens is 284 g/mol. The van der Waals surface area contributed by atoms with Gasteiger partial charge in [0.2, 0.25) is 0 Å². The summed E-state index contributed by atoms with van der Waals surface area (Å²) in [5.74, 6) is 0. The lowest BCUT2D eigenvalue weighted by molar-refractivity contribution is 0.592. The number of rotatable bonds is 6. The van der Waals surface area contributed by atoms with E-state index in [1.54, 1.807) is 42.5 Å². The fraction of sp³-hybridized carbons (Fsp3) is 0.250. The van der Waals surface area contributed by atoms with Crippen LogP contribution in [0.4, 0.5) is 5.69 Å². The van der Waals surface area contributed by atoms with Gasteiger partial charge in [-0.2, -0.15) is 0 Å². The van der Waals surface area contributed by atoms with E-state index in [2.05, 4.69) is 10.0 Å². The highest BCUT2D eigenvalue weighted by Crippen LogP contribution is 2.20. The molecule has 5 heteroatoms. The molecule has 112 valence electrons. The molecule has 0 fully saturated rings. The van der Waals surface area contributed by atoms with Crippen LogP contribution in [0.3, 0.4) is 0 Å². The van der Waals surface area contributed by atoms with Crippen LogP contribution in [0.25, 0.3) is 0 Å². The van der Waals surface area contributed by atoms with Crippen LogP contribution in [0.5, 0.6) is 0 Å². The molecular formula is C16H20N2O2S. The van der Waals surface area contributed by atoms with E-state index in [1.807, 2.05) is 26.0 Å². The van der Waals surface area contributed by atoms with Gasteiger partial charge in [0.05, 0.1) is 4.90 Å². The fourth-order valence-electron chi connectivity index (χ4n) is 2.10. The minimum Gasteiger partial charge on any atom is -0.310 e. The number of hydrogen-bond donors (Lipinski definition) is 2. The predicted molar refractivity (Wildman–Crippen MR) is 85.8 cm³/mol. The van der Waals surface area contributed by atoms with Gasteiger partial charge in [0.15, 0.2) is 0 Å². The summed E-state index contributed by atoms with van der Waals surface area (Å²) in [6.45, 7) is 4.87. The van der Waals surface area contributed by atoms with Crippen molar-refractivity contribution in [3.8, 4) is 0 Å². The molecule has 0 amide bonds. The van der Waals surface area contributed by atoms with Gasteiger partial charge < -0.3 is 5.32 Å². The van der Waals surface area contributed by atoms with E-state index >= 15 is 0 Å². The molecule has 2 N–H and O–H groups in total. The summed E-state index contributed by atoms with van der Waals surface area (Å²) in [4.78, 5) is 0.272. The highest BCUT2D eigenvalue weighted by molar-refractivity contribution is 7.92. The van der Waals surface area contributed by atoms with E-state index in [-0.39, 0.29) is 10.9 Å². The first-order chi connectivity index (χ1) is 10.0. The van der Waals surface area contributed by atoms with Gasteiger partial charge in [0.25, 0.3) is 10.0 Å². The standard InChI is InChI=1S/C16H20N2O2S/c1-3-17-13(2)14-8-7-11-16(12-14)21(19,20)18-15-9-5-4-6-10-15/h4-13,17-18H,3H2,1-2H3. The van der Waals surface area contributed by atoms with Crippen LogP contribution in [0.1, 0.15) is 25.5 Å². The monoisotopic (exact) mass is 304 g/mol. The fourth-order valence-corrected chi connectivity index (χ4v) is 3.21. The zero-order valence-corrected chi connectivity index (χ0v) is 13.0. The molecule has 2 aromatic carbocycles. The van der Waals surface area contributed by atoms with Crippen LogP contribution >= 0.6 is 0 Å². The second kappa shape index (κ2) is 6.74. The summed E-state index contributed by atoms with van der Waals surface area (Å²) in [5.41, 5.74) is 1.51. The Hall–Kier alpha value is -1.85. The topological polar surface area (TPSA) is 58.2 Å². The van der Waals surface area contributed by atoms with E-state index < -0.39 is 10.0 Å². The largest absolute Gasteiger partial charge is 0.310 e. The van der Waals surface area contributed by atoms with Gasteiger partial charge in [0, 0.05) is 11.7 Å². The third-order valence-corrected chi connectivity index (χ3v) is 4.58. The van der Waals surface area contributed by atoms with Crippen molar-refractivity contribution >= 4 is 15.7 Å². The third kappa shape index (κ3) is 4.06. The first-order valence-electron chi connectivity index (χ1n) is 6.94. The lowest BCUT2D eigenvalue weighted by atomic mass is 10.1. The molecule has 1 unspecified atom stereocenters. The minimum absolute atomic E-state index is 0.113. The van der Waals surface area contributed by atoms with Gasteiger partial charge in [-0.15, -0.1) is 0 Å². The molecule has 0 aromatic heterocycles. The first-order valence-corrected chi connectivity index (χ1v) is 8.42. The van der Waals surface area contributed by atoms with Crippen LogP contribution in [-0.2, 0) is 10.0 Å². The summed E-state index contributed by atoms with van der Waals surface area (Å²) in [7, 11) is -3.56. The van der Waals surface area contributed by atoms with Crippen LogP contribution in [0.15, 0.2) is 59.5 Å². The molecule has 2 aromatic rings. The second-order valence-corrected chi connectivity index (χ2v) is 6.51. The molecule has 1 atom stereocenters. The van der Waals surface area contributed by atoms with Crippen molar-refractivity contribution in [1.82, 2.24) is 5.32 Å². The average molecular weight is 304 g/mol. The molecule has 2 rings (SSSR count). The van der Waals surface area contributed by atoms with E-state index in [0.29, 0.717) is 5.69 Å². The van der Waals surface area contributed by atoms with Crippen molar-refractivity contribution < 1.29 is 8.42 Å². The highest BCUT2D eigenvalue weighted by atomic mass is 32.2. The average Bonchev–Trinajstić information content (AvgIpc) is 2.48. The molecule has 0 aliphatic rings. The summed E-state index contributed by atoms with van der Waals surface area (Å²) in [6.07, 6.45) is 0. The van der Waals surface area contributed by atoms with Crippen LogP contribution < -0.4 is 10.0 Å². The maximum absolute atomic E-state index is 12.4. The Morgan fingerprint density at radius 3 is 2.43 bits per heavy atom. The molecule has 0 spiro atoms. The van der Waals surface area contributed by atoms with E-state index in [4.69, 9.17) is 0 Å². The Bertz CT molecular complexity index is 684. The zero-order chi connectivity index (χ0) is 15.3. The molecule has 0 aliphatic carbocycles. The molecule has 21 heavy (non-hydrogen) atoms. The quantitative estimate of drug-likeness (QED) is 0.862. The highest BCUT2D eigenvalue weighted by Gasteiger charge is 2.15. The van der Waals surface area contributed by atoms with Crippen molar-refractivity contribution in [2.45, 2.75) is 24.8 Å². The smallest absolute Gasteiger partial charge is 0.261 e. The Kier molecular flexibility index (Phi) is 4.98. The van der Waals surface area contributed by atoms with Gasteiger partial charge in [-0.3, -0.25) is 4.72 Å². The number of sulfonamides is 1. The number of nitrogens with one attached hydrogen (secondary N) is 2. The van der Waals surface area contributed by atoms with E-state index in [9.17, 15) is 8.42 Å². The van der Waals surface area contributed by atoms with Crippen LogP contribution in [0, 0.1) is 0 Å². The predicted octanol–water partition coefficient (Wildman–Crippen LogP) is 3.16. The summed E-state index contributed by atoms with van der Waals surface area (Å²) in [5, 5.41) is 3.27.